The predicted molar refractivity (Wildman–Crippen MR) is 69.9 cm³/mol. The summed E-state index contributed by atoms with van der Waals surface area (Å²) in [5.41, 5.74) is 0. The van der Waals surface area contributed by atoms with E-state index in [4.69, 9.17) is 0 Å². The Morgan fingerprint density at radius 2 is 2.31 bits per heavy atom. The van der Waals surface area contributed by atoms with Crippen LogP contribution in [-0.2, 0) is 16.0 Å². The number of halogens is 1. The summed E-state index contributed by atoms with van der Waals surface area (Å²) < 4.78 is 5.74. The third-order valence-corrected chi connectivity index (χ3v) is 4.04. The topological polar surface area (TPSA) is 29.5 Å². The van der Waals surface area contributed by atoms with Gasteiger partial charge in [-0.2, -0.15) is 0 Å². The first-order valence-corrected chi connectivity index (χ1v) is 6.77. The van der Waals surface area contributed by atoms with E-state index in [1.54, 1.807) is 11.3 Å². The van der Waals surface area contributed by atoms with Crippen molar-refractivity contribution in [2.24, 2.45) is 0 Å². The zero-order valence-electron chi connectivity index (χ0n) is 9.53. The molecule has 0 fully saturated rings. The molecule has 90 valence electrons. The second kappa shape index (κ2) is 7.04. The molecule has 0 saturated heterocycles. The van der Waals surface area contributed by atoms with E-state index >= 15 is 0 Å². The molecule has 0 radical (unpaired) electrons. The Bertz CT molecular complexity index is 340. The molecule has 0 aliphatic carbocycles. The van der Waals surface area contributed by atoms with Crippen molar-refractivity contribution in [3.05, 3.63) is 20.8 Å². The molecular weight excluding hydrogens is 290 g/mol. The molecule has 0 N–H and O–H groups in total. The second-order valence-corrected chi connectivity index (χ2v) is 5.52. The first-order chi connectivity index (χ1) is 7.61. The number of carbonyl (C=O) groups is 1. The number of methoxy groups -OCH3 is 1. The lowest BCUT2D eigenvalue weighted by Gasteiger charge is -2.14. The standard InChI is InChI=1S/C11H16BrNO2S/c1-13(6-4-11(14)15-2)5-3-10-7-9(12)8-16-10/h7-8H,3-6H2,1-2H3. The van der Waals surface area contributed by atoms with Crippen molar-refractivity contribution in [3.8, 4) is 0 Å². The molecule has 0 spiro atoms. The normalized spacial score (nSPS) is 10.8. The average molecular weight is 306 g/mol. The molecule has 0 amide bonds. The van der Waals surface area contributed by atoms with Crippen LogP contribution >= 0.6 is 27.3 Å². The molecule has 1 aromatic rings. The molecule has 1 rings (SSSR count). The number of thiophene rings is 1. The summed E-state index contributed by atoms with van der Waals surface area (Å²) in [5.74, 6) is -0.147. The molecule has 16 heavy (non-hydrogen) atoms. The van der Waals surface area contributed by atoms with Crippen LogP contribution in [0.1, 0.15) is 11.3 Å². The Hall–Kier alpha value is -0.390. The van der Waals surface area contributed by atoms with Crippen molar-refractivity contribution in [2.75, 3.05) is 27.2 Å². The minimum Gasteiger partial charge on any atom is -0.469 e. The largest absolute Gasteiger partial charge is 0.469 e. The van der Waals surface area contributed by atoms with E-state index in [1.165, 1.54) is 12.0 Å². The lowest BCUT2D eigenvalue weighted by Crippen LogP contribution is -2.24. The van der Waals surface area contributed by atoms with Crippen LogP contribution in [0.2, 0.25) is 0 Å². The number of esters is 1. The van der Waals surface area contributed by atoms with Crippen molar-refractivity contribution in [1.82, 2.24) is 4.90 Å². The fourth-order valence-corrected chi connectivity index (χ4v) is 2.73. The summed E-state index contributed by atoms with van der Waals surface area (Å²) in [7, 11) is 3.44. The first-order valence-electron chi connectivity index (χ1n) is 5.10. The maximum atomic E-state index is 10.9. The Morgan fingerprint density at radius 1 is 1.56 bits per heavy atom. The summed E-state index contributed by atoms with van der Waals surface area (Å²) in [6.07, 6.45) is 1.48. The summed E-state index contributed by atoms with van der Waals surface area (Å²) >= 11 is 5.19. The highest BCUT2D eigenvalue weighted by Crippen LogP contribution is 2.20. The molecule has 1 heterocycles. The van der Waals surface area contributed by atoms with Gasteiger partial charge in [0.1, 0.15) is 0 Å². The quantitative estimate of drug-likeness (QED) is 0.757. The van der Waals surface area contributed by atoms with Crippen LogP contribution in [0.25, 0.3) is 0 Å². The van der Waals surface area contributed by atoms with E-state index in [1.807, 2.05) is 7.05 Å². The van der Waals surface area contributed by atoms with Crippen molar-refractivity contribution >= 4 is 33.2 Å². The van der Waals surface area contributed by atoms with Gasteiger partial charge in [-0.3, -0.25) is 4.79 Å². The molecule has 0 unspecified atom stereocenters. The smallest absolute Gasteiger partial charge is 0.306 e. The van der Waals surface area contributed by atoms with Crippen molar-refractivity contribution < 1.29 is 9.53 Å². The van der Waals surface area contributed by atoms with Crippen LogP contribution in [0.5, 0.6) is 0 Å². The fraction of sp³-hybridized carbons (Fsp3) is 0.545. The third-order valence-electron chi connectivity index (χ3n) is 2.29. The van der Waals surface area contributed by atoms with Crippen LogP contribution in [0, 0.1) is 0 Å². The van der Waals surface area contributed by atoms with E-state index < -0.39 is 0 Å². The molecule has 0 aliphatic heterocycles. The van der Waals surface area contributed by atoms with Crippen LogP contribution in [0.4, 0.5) is 0 Å². The van der Waals surface area contributed by atoms with E-state index in [9.17, 15) is 4.79 Å². The van der Waals surface area contributed by atoms with Gasteiger partial charge in [-0.05, 0) is 35.5 Å². The zero-order valence-corrected chi connectivity index (χ0v) is 11.9. The molecule has 0 bridgehead atoms. The fourth-order valence-electron chi connectivity index (χ4n) is 1.28. The van der Waals surface area contributed by atoms with Gasteiger partial charge in [0.15, 0.2) is 0 Å². The van der Waals surface area contributed by atoms with Gasteiger partial charge in [0.25, 0.3) is 0 Å². The van der Waals surface area contributed by atoms with Crippen molar-refractivity contribution in [1.29, 1.82) is 0 Å². The number of ether oxygens (including phenoxy) is 1. The van der Waals surface area contributed by atoms with Crippen molar-refractivity contribution in [3.63, 3.8) is 0 Å². The number of hydrogen-bond donors (Lipinski definition) is 0. The monoisotopic (exact) mass is 305 g/mol. The van der Waals surface area contributed by atoms with Gasteiger partial charge in [-0.15, -0.1) is 11.3 Å². The van der Waals surface area contributed by atoms with Gasteiger partial charge >= 0.3 is 5.97 Å². The minimum atomic E-state index is -0.147. The lowest BCUT2D eigenvalue weighted by molar-refractivity contribution is -0.140. The predicted octanol–water partition coefficient (Wildman–Crippen LogP) is 2.55. The molecular formula is C11H16BrNO2S. The maximum Gasteiger partial charge on any atom is 0.306 e. The van der Waals surface area contributed by atoms with Gasteiger partial charge in [0.2, 0.25) is 0 Å². The van der Waals surface area contributed by atoms with Gasteiger partial charge in [-0.1, -0.05) is 0 Å². The summed E-state index contributed by atoms with van der Waals surface area (Å²) in [6, 6.07) is 2.14. The number of nitrogens with zero attached hydrogens (tertiary/aromatic N) is 1. The highest BCUT2D eigenvalue weighted by Gasteiger charge is 2.05. The van der Waals surface area contributed by atoms with Gasteiger partial charge in [-0.25, -0.2) is 0 Å². The molecule has 0 atom stereocenters. The number of rotatable bonds is 6. The summed E-state index contributed by atoms with van der Waals surface area (Å²) in [4.78, 5) is 14.4. The van der Waals surface area contributed by atoms with E-state index in [0.29, 0.717) is 6.42 Å². The third kappa shape index (κ3) is 5.09. The van der Waals surface area contributed by atoms with Crippen molar-refractivity contribution in [2.45, 2.75) is 12.8 Å². The first kappa shape index (κ1) is 13.7. The lowest BCUT2D eigenvalue weighted by atomic mass is 10.3. The van der Waals surface area contributed by atoms with Crippen LogP contribution in [0.3, 0.4) is 0 Å². The zero-order chi connectivity index (χ0) is 12.0. The molecule has 3 nitrogen and oxygen atoms in total. The number of likely N-dealkylation sites (N-methyl/N-ethyl adjacent to an activating group) is 1. The molecule has 0 saturated carbocycles. The number of hydrogen-bond acceptors (Lipinski definition) is 4. The Morgan fingerprint density at radius 3 is 2.88 bits per heavy atom. The van der Waals surface area contributed by atoms with Gasteiger partial charge < -0.3 is 9.64 Å². The molecule has 1 aromatic heterocycles. The highest BCUT2D eigenvalue weighted by atomic mass is 79.9. The second-order valence-electron chi connectivity index (χ2n) is 3.61. The maximum absolute atomic E-state index is 10.9. The van der Waals surface area contributed by atoms with Crippen LogP contribution in [0.15, 0.2) is 15.9 Å². The Kier molecular flexibility index (Phi) is 6.01. The number of carbonyl (C=O) groups excluding carboxylic acids is 1. The molecule has 5 heteroatoms. The van der Waals surface area contributed by atoms with Crippen LogP contribution < -0.4 is 0 Å². The Balaban J connectivity index is 2.19. The van der Waals surface area contributed by atoms with E-state index in [-0.39, 0.29) is 5.97 Å². The minimum absolute atomic E-state index is 0.147. The average Bonchev–Trinajstić information content (AvgIpc) is 2.69. The van der Waals surface area contributed by atoms with E-state index in [0.717, 1.165) is 24.0 Å². The van der Waals surface area contributed by atoms with E-state index in [2.05, 4.69) is 37.0 Å². The highest BCUT2D eigenvalue weighted by molar-refractivity contribution is 9.10. The molecule has 0 aliphatic rings. The summed E-state index contributed by atoms with van der Waals surface area (Å²) in [5, 5.41) is 2.09. The Labute approximate surface area is 109 Å². The van der Waals surface area contributed by atoms with Gasteiger partial charge in [0, 0.05) is 27.8 Å². The summed E-state index contributed by atoms with van der Waals surface area (Å²) in [6.45, 7) is 1.71. The van der Waals surface area contributed by atoms with Crippen LogP contribution in [-0.4, -0.2) is 38.1 Å². The molecule has 0 aromatic carbocycles. The van der Waals surface area contributed by atoms with Gasteiger partial charge in [0.05, 0.1) is 13.5 Å². The SMILES string of the molecule is COC(=O)CCN(C)CCc1cc(Br)cs1.